The zero-order valence-electron chi connectivity index (χ0n) is 40.1. The van der Waals surface area contributed by atoms with Gasteiger partial charge in [0.15, 0.2) is 11.4 Å². The monoisotopic (exact) mass is 965 g/mol. The molecule has 1 amide bonds. The summed E-state index contributed by atoms with van der Waals surface area (Å²) >= 11 is 0.964. The first kappa shape index (κ1) is 52.2. The fourth-order valence-corrected chi connectivity index (χ4v) is 11.1. The minimum Gasteiger partial charge on any atom is -0.455 e. The molecule has 4 N–H and O–H groups in total. The topological polar surface area (TPSA) is 248 Å². The molecular formula is C50H63NO16S. The molecule has 68 heavy (non-hydrogen) atoms. The van der Waals surface area contributed by atoms with Crippen molar-refractivity contribution in [2.24, 2.45) is 22.7 Å². The molecule has 0 spiro atoms. The van der Waals surface area contributed by atoms with E-state index in [1.807, 2.05) is 0 Å². The first-order valence-electron chi connectivity index (χ1n) is 22.7. The van der Waals surface area contributed by atoms with Gasteiger partial charge in [-0.2, -0.15) is 0 Å². The Balaban J connectivity index is 1.50. The Labute approximate surface area is 400 Å². The third-order valence-corrected chi connectivity index (χ3v) is 14.8. The summed E-state index contributed by atoms with van der Waals surface area (Å²) in [5.41, 5.74) is -8.65. The third-order valence-electron chi connectivity index (χ3n) is 13.9. The molecule has 11 atom stereocenters. The summed E-state index contributed by atoms with van der Waals surface area (Å²) in [7, 11) is 0. The van der Waals surface area contributed by atoms with Crippen LogP contribution in [0.15, 0.2) is 71.8 Å². The number of carbonyl (C=O) groups excluding carboxylic acids is 7. The second-order valence-corrected chi connectivity index (χ2v) is 21.1. The Morgan fingerprint density at radius 3 is 2.10 bits per heavy atom. The number of ether oxygens (including phenoxy) is 6. The quantitative estimate of drug-likeness (QED) is 0.113. The van der Waals surface area contributed by atoms with Crippen molar-refractivity contribution in [1.29, 1.82) is 0 Å². The second-order valence-electron chi connectivity index (χ2n) is 20.2. The van der Waals surface area contributed by atoms with Crippen molar-refractivity contribution in [2.45, 2.75) is 142 Å². The summed E-state index contributed by atoms with van der Waals surface area (Å²) in [6.07, 6.45) is -11.9. The highest BCUT2D eigenvalue weighted by atomic mass is 32.2. The summed E-state index contributed by atoms with van der Waals surface area (Å²) in [4.78, 5) is 97.0. The van der Waals surface area contributed by atoms with Gasteiger partial charge in [0, 0.05) is 31.1 Å². The van der Waals surface area contributed by atoms with Gasteiger partial charge < -0.3 is 49.1 Å². The molecule has 17 nitrogen and oxygen atoms in total. The highest BCUT2D eigenvalue weighted by Crippen LogP contribution is 2.64. The number of aliphatic hydroxyl groups is 3. The lowest BCUT2D eigenvalue weighted by atomic mass is 9.44. The Hall–Kier alpha value is -5.14. The maximum atomic E-state index is 15.2. The molecule has 1 aliphatic heterocycles. The molecule has 2 aromatic carbocycles. The maximum Gasteiger partial charge on any atom is 0.408 e. The predicted octanol–water partition coefficient (Wildman–Crippen LogP) is 4.77. The number of nitrogens with one attached hydrogen (secondary N) is 1. The summed E-state index contributed by atoms with van der Waals surface area (Å²) < 4.78 is 36.0. The highest BCUT2D eigenvalue weighted by molar-refractivity contribution is 8.00. The van der Waals surface area contributed by atoms with Crippen molar-refractivity contribution in [1.82, 2.24) is 5.32 Å². The average Bonchev–Trinajstić information content (AvgIpc) is 3.25. The van der Waals surface area contributed by atoms with Crippen molar-refractivity contribution in [2.75, 3.05) is 18.1 Å². The number of ketones is 2. The molecule has 4 aliphatic rings. The SMILES string of the molecule is CC(=O)O[C@@]12COC1C[C@H](O)[C@@]1(C)C(=O)[C@H](O)C3=C(C)[C@@H](OC(=O)[C@H](OC(=O)CSCC(=O)C(C)C)[C@@H](NC(=O)OC(C)(C)C)c4ccccc4)C[C@@](O)([C@@H](OC(=O)c4ccccc4)C21)C3(C)C. The lowest BCUT2D eigenvalue weighted by Crippen LogP contribution is -2.81. The van der Waals surface area contributed by atoms with Crippen molar-refractivity contribution >= 4 is 53.3 Å². The van der Waals surface area contributed by atoms with Crippen molar-refractivity contribution in [3.05, 3.63) is 82.9 Å². The first-order chi connectivity index (χ1) is 31.7. The molecule has 2 bridgehead atoms. The number of fused-ring (bicyclic) bond motifs is 5. The molecule has 3 fully saturated rings. The summed E-state index contributed by atoms with van der Waals surface area (Å²) in [5, 5.41) is 40.7. The van der Waals surface area contributed by atoms with Crippen LogP contribution in [0.5, 0.6) is 0 Å². The molecule has 370 valence electrons. The Kier molecular flexibility index (Phi) is 15.1. The molecular weight excluding hydrogens is 903 g/mol. The number of esters is 4. The number of alkyl carbamates (subject to hydrolysis) is 1. The van der Waals surface area contributed by atoms with E-state index in [0.29, 0.717) is 0 Å². The van der Waals surface area contributed by atoms with E-state index in [-0.39, 0.29) is 58.5 Å². The van der Waals surface area contributed by atoms with Crippen LogP contribution >= 0.6 is 11.8 Å². The van der Waals surface area contributed by atoms with Crippen LogP contribution in [0.1, 0.15) is 104 Å². The summed E-state index contributed by atoms with van der Waals surface area (Å²) in [6, 6.07) is 14.4. The van der Waals surface area contributed by atoms with Crippen LogP contribution in [-0.4, -0.2) is 128 Å². The van der Waals surface area contributed by atoms with Crippen LogP contribution in [0.2, 0.25) is 0 Å². The Morgan fingerprint density at radius 2 is 1.54 bits per heavy atom. The van der Waals surface area contributed by atoms with Gasteiger partial charge in [0.2, 0.25) is 6.10 Å². The average molecular weight is 966 g/mol. The molecule has 2 saturated carbocycles. The molecule has 0 aromatic heterocycles. The number of thioether (sulfide) groups is 1. The number of Topliss-reactive ketones (excluding diaryl/α,β-unsaturated/α-hetero) is 2. The van der Waals surface area contributed by atoms with E-state index in [1.54, 1.807) is 83.1 Å². The van der Waals surface area contributed by atoms with Crippen LogP contribution in [0.25, 0.3) is 0 Å². The lowest BCUT2D eigenvalue weighted by molar-refractivity contribution is -0.346. The van der Waals surface area contributed by atoms with Gasteiger partial charge in [0.1, 0.15) is 47.4 Å². The van der Waals surface area contributed by atoms with Gasteiger partial charge in [-0.25, -0.2) is 14.4 Å². The molecule has 1 heterocycles. The lowest BCUT2D eigenvalue weighted by Gasteiger charge is -2.67. The molecule has 0 radical (unpaired) electrons. The van der Waals surface area contributed by atoms with Crippen LogP contribution < -0.4 is 5.32 Å². The number of benzene rings is 2. The van der Waals surface area contributed by atoms with E-state index in [9.17, 15) is 44.1 Å². The van der Waals surface area contributed by atoms with Gasteiger partial charge in [0.25, 0.3) is 0 Å². The molecule has 6 rings (SSSR count). The van der Waals surface area contributed by atoms with Crippen molar-refractivity contribution < 1.29 is 77.3 Å². The van der Waals surface area contributed by atoms with Crippen molar-refractivity contribution in [3.63, 3.8) is 0 Å². The Morgan fingerprint density at radius 1 is 0.926 bits per heavy atom. The normalized spacial score (nSPS) is 30.4. The molecule has 2 aromatic rings. The van der Waals surface area contributed by atoms with E-state index in [4.69, 9.17) is 28.4 Å². The Bertz CT molecular complexity index is 2310. The standard InChI is InChI=1S/C50H63NO16S/c1-26(2)31(53)23-68-24-35(55)64-39(37(29-17-13-11-14-18-29)51-45(60)67-46(5,6)7)44(59)63-32-22-50(61)42(65-43(58)30-19-15-12-16-20-30)40-48(10,41(57)38(56)36(27(32)3)47(50,8)9)33(54)21-34-49(40,25-62-34)66-28(4)52/h11-20,26,32-34,37-40,42,54,56,61H,21-25H2,1-10H3,(H,51,60)/t32-,33-,34?,37-,38+,39+,40?,42-,48+,49-,50+/m0/s1. The van der Waals surface area contributed by atoms with Crippen LogP contribution in [-0.2, 0) is 52.4 Å². The zero-order chi connectivity index (χ0) is 50.3. The molecule has 2 unspecified atom stereocenters. The van der Waals surface area contributed by atoms with Crippen LogP contribution in [0, 0.1) is 22.7 Å². The van der Waals surface area contributed by atoms with Gasteiger partial charge in [-0.05, 0) is 63.5 Å². The summed E-state index contributed by atoms with van der Waals surface area (Å²) in [5.74, 6) is -7.28. The minimum absolute atomic E-state index is 0.0247. The van der Waals surface area contributed by atoms with Gasteiger partial charge in [-0.3, -0.25) is 19.2 Å². The van der Waals surface area contributed by atoms with Gasteiger partial charge in [0.05, 0.1) is 41.1 Å². The maximum absolute atomic E-state index is 15.2. The van der Waals surface area contributed by atoms with E-state index < -0.39 is 118 Å². The minimum atomic E-state index is -2.44. The fourth-order valence-electron chi connectivity index (χ4n) is 10.2. The molecule has 1 saturated heterocycles. The molecule has 3 aliphatic carbocycles. The summed E-state index contributed by atoms with van der Waals surface area (Å²) in [6.45, 7) is 15.1. The first-order valence-corrected chi connectivity index (χ1v) is 23.8. The second kappa shape index (κ2) is 19.7. The smallest absolute Gasteiger partial charge is 0.408 e. The number of hydrogen-bond donors (Lipinski definition) is 4. The number of amides is 1. The van der Waals surface area contributed by atoms with E-state index >= 15 is 4.79 Å². The van der Waals surface area contributed by atoms with E-state index in [2.05, 4.69) is 5.32 Å². The number of rotatable bonds is 14. The predicted molar refractivity (Wildman–Crippen MR) is 245 cm³/mol. The van der Waals surface area contributed by atoms with Crippen LogP contribution in [0.3, 0.4) is 0 Å². The fraction of sp³-hybridized carbons (Fsp3) is 0.580. The third kappa shape index (κ3) is 9.84. The van der Waals surface area contributed by atoms with E-state index in [0.717, 1.165) is 18.7 Å². The number of hydrogen-bond acceptors (Lipinski definition) is 17. The van der Waals surface area contributed by atoms with Crippen LogP contribution in [0.4, 0.5) is 4.79 Å². The largest absolute Gasteiger partial charge is 0.455 e. The number of aliphatic hydroxyl groups excluding tert-OH is 2. The van der Waals surface area contributed by atoms with Gasteiger partial charge >= 0.3 is 30.0 Å². The van der Waals surface area contributed by atoms with Gasteiger partial charge in [-0.1, -0.05) is 76.2 Å². The number of carbonyl (C=O) groups is 7. The highest BCUT2D eigenvalue weighted by Gasteiger charge is 2.78. The molecule has 18 heteroatoms. The van der Waals surface area contributed by atoms with E-state index in [1.165, 1.54) is 39.8 Å². The van der Waals surface area contributed by atoms with Crippen molar-refractivity contribution in [3.8, 4) is 0 Å². The van der Waals surface area contributed by atoms with Gasteiger partial charge in [-0.15, -0.1) is 11.8 Å². The zero-order valence-corrected chi connectivity index (χ0v) is 40.9.